The monoisotopic (exact) mass is 327 g/mol. The van der Waals surface area contributed by atoms with Gasteiger partial charge in [-0.3, -0.25) is 14.6 Å². The summed E-state index contributed by atoms with van der Waals surface area (Å²) in [6.07, 6.45) is 3.57. The average Bonchev–Trinajstić information content (AvgIpc) is 3.41. The summed E-state index contributed by atoms with van der Waals surface area (Å²) < 4.78 is 4.95. The van der Waals surface area contributed by atoms with Gasteiger partial charge >= 0.3 is 0 Å². The number of carbonyl (C=O) groups is 2. The number of nitrogens with one attached hydrogen (secondary N) is 2. The van der Waals surface area contributed by atoms with E-state index in [2.05, 4.69) is 15.6 Å². The molecule has 0 radical (unpaired) electrons. The van der Waals surface area contributed by atoms with E-state index in [-0.39, 0.29) is 11.8 Å². The van der Waals surface area contributed by atoms with Crippen molar-refractivity contribution in [3.8, 4) is 0 Å². The van der Waals surface area contributed by atoms with E-state index in [1.54, 1.807) is 19.4 Å². The maximum Gasteiger partial charge on any atom is 0.240 e. The third kappa shape index (κ3) is 3.23. The molecule has 24 heavy (non-hydrogen) atoms. The number of benzene rings is 1. The van der Waals surface area contributed by atoms with E-state index in [0.29, 0.717) is 31.7 Å². The molecule has 1 saturated carbocycles. The highest BCUT2D eigenvalue weighted by Gasteiger charge is 2.56. The first-order valence-electron chi connectivity index (χ1n) is 8.10. The lowest BCUT2D eigenvalue weighted by atomic mass is 10.0. The van der Waals surface area contributed by atoms with E-state index in [9.17, 15) is 9.59 Å². The number of aromatic nitrogens is 1. The Morgan fingerprint density at radius 2 is 2.00 bits per heavy atom. The summed E-state index contributed by atoms with van der Waals surface area (Å²) in [5.41, 5.74) is 0.422. The Morgan fingerprint density at radius 3 is 2.75 bits per heavy atom. The van der Waals surface area contributed by atoms with Gasteiger partial charge in [0.05, 0.1) is 11.2 Å². The van der Waals surface area contributed by atoms with Crippen molar-refractivity contribution in [1.82, 2.24) is 10.3 Å². The predicted molar refractivity (Wildman–Crippen MR) is 91.5 cm³/mol. The number of anilines is 1. The van der Waals surface area contributed by atoms with Gasteiger partial charge in [0.15, 0.2) is 0 Å². The van der Waals surface area contributed by atoms with Crippen molar-refractivity contribution in [3.63, 3.8) is 0 Å². The Balaban J connectivity index is 1.69. The summed E-state index contributed by atoms with van der Waals surface area (Å²) in [5, 5.41) is 6.66. The molecule has 1 aromatic heterocycles. The third-order valence-electron chi connectivity index (χ3n) is 4.31. The van der Waals surface area contributed by atoms with Gasteiger partial charge < -0.3 is 15.4 Å². The molecule has 1 aromatic carbocycles. The Hall–Kier alpha value is -2.47. The van der Waals surface area contributed by atoms with Gasteiger partial charge in [0, 0.05) is 31.8 Å². The van der Waals surface area contributed by atoms with Crippen LogP contribution in [-0.2, 0) is 14.3 Å². The largest absolute Gasteiger partial charge is 0.385 e. The quantitative estimate of drug-likeness (QED) is 0.603. The molecule has 1 aliphatic carbocycles. The molecule has 2 aromatic rings. The molecule has 126 valence electrons. The molecular weight excluding hydrogens is 306 g/mol. The highest BCUT2D eigenvalue weighted by atomic mass is 16.5. The van der Waals surface area contributed by atoms with Crippen molar-refractivity contribution in [2.24, 2.45) is 5.41 Å². The van der Waals surface area contributed by atoms with Gasteiger partial charge in [-0.1, -0.05) is 18.2 Å². The Labute approximate surface area is 140 Å². The molecule has 0 bridgehead atoms. The number of hydrogen-bond acceptors (Lipinski definition) is 4. The van der Waals surface area contributed by atoms with Crippen LogP contribution in [0, 0.1) is 5.41 Å². The second-order valence-corrected chi connectivity index (χ2v) is 6.02. The van der Waals surface area contributed by atoms with E-state index >= 15 is 0 Å². The lowest BCUT2D eigenvalue weighted by Crippen LogP contribution is -2.40. The number of hydrogen-bond donors (Lipinski definition) is 2. The van der Waals surface area contributed by atoms with Gasteiger partial charge in [0.1, 0.15) is 5.41 Å². The minimum atomic E-state index is -0.940. The summed E-state index contributed by atoms with van der Waals surface area (Å²) in [6, 6.07) is 9.40. The van der Waals surface area contributed by atoms with E-state index < -0.39 is 5.41 Å². The van der Waals surface area contributed by atoms with Crippen molar-refractivity contribution in [1.29, 1.82) is 0 Å². The lowest BCUT2D eigenvalue weighted by molar-refractivity contribution is -0.134. The molecule has 0 unspecified atom stereocenters. The standard InChI is InChI=1S/C18H21N3O3/c1-24-12-4-11-20-16(22)18(8-9-18)17(23)21-14-7-2-5-13-6-3-10-19-15(13)14/h2-3,5-7,10H,4,8-9,11-12H2,1H3,(H,20,22)(H,21,23). The molecule has 0 aliphatic heterocycles. The van der Waals surface area contributed by atoms with Crippen LogP contribution in [0.25, 0.3) is 10.9 Å². The first-order chi connectivity index (χ1) is 11.7. The van der Waals surface area contributed by atoms with Gasteiger partial charge in [0.25, 0.3) is 0 Å². The summed E-state index contributed by atoms with van der Waals surface area (Å²) >= 11 is 0. The van der Waals surface area contributed by atoms with Crippen molar-refractivity contribution < 1.29 is 14.3 Å². The first kappa shape index (κ1) is 16.4. The molecule has 0 spiro atoms. The Morgan fingerprint density at radius 1 is 1.21 bits per heavy atom. The molecule has 1 aliphatic rings. The zero-order valence-electron chi connectivity index (χ0n) is 13.7. The van der Waals surface area contributed by atoms with Crippen LogP contribution in [0.4, 0.5) is 5.69 Å². The van der Waals surface area contributed by atoms with E-state index in [0.717, 1.165) is 17.3 Å². The van der Waals surface area contributed by atoms with Crippen molar-refractivity contribution in [3.05, 3.63) is 36.5 Å². The SMILES string of the molecule is COCCCNC(=O)C1(C(=O)Nc2cccc3cccnc23)CC1. The highest BCUT2D eigenvalue weighted by molar-refractivity contribution is 6.14. The number of amides is 2. The molecule has 6 heteroatoms. The second kappa shape index (κ2) is 6.97. The van der Waals surface area contributed by atoms with E-state index in [1.165, 1.54) is 0 Å². The zero-order chi connectivity index (χ0) is 17.0. The molecular formula is C18H21N3O3. The van der Waals surface area contributed by atoms with Crippen LogP contribution in [0.3, 0.4) is 0 Å². The summed E-state index contributed by atoms with van der Waals surface area (Å²) in [7, 11) is 1.62. The summed E-state index contributed by atoms with van der Waals surface area (Å²) in [5.74, 6) is -0.464. The van der Waals surface area contributed by atoms with E-state index in [4.69, 9.17) is 4.74 Å². The third-order valence-corrected chi connectivity index (χ3v) is 4.31. The van der Waals surface area contributed by atoms with Gasteiger partial charge in [-0.2, -0.15) is 0 Å². The molecule has 0 atom stereocenters. The number of ether oxygens (including phenoxy) is 1. The summed E-state index contributed by atoms with van der Waals surface area (Å²) in [4.78, 5) is 29.3. The number of para-hydroxylation sites is 1. The van der Waals surface area contributed by atoms with Crippen LogP contribution in [-0.4, -0.2) is 37.1 Å². The minimum absolute atomic E-state index is 0.204. The Bertz CT molecular complexity index is 751. The lowest BCUT2D eigenvalue weighted by Gasteiger charge is -2.16. The van der Waals surface area contributed by atoms with Crippen molar-refractivity contribution >= 4 is 28.4 Å². The molecule has 1 heterocycles. The van der Waals surface area contributed by atoms with Crippen LogP contribution >= 0.6 is 0 Å². The maximum atomic E-state index is 12.6. The van der Waals surface area contributed by atoms with Crippen molar-refractivity contribution in [2.75, 3.05) is 25.6 Å². The maximum absolute atomic E-state index is 12.6. The van der Waals surface area contributed by atoms with Crippen LogP contribution in [0.2, 0.25) is 0 Å². The molecule has 6 nitrogen and oxygen atoms in total. The van der Waals surface area contributed by atoms with Crippen molar-refractivity contribution in [2.45, 2.75) is 19.3 Å². The van der Waals surface area contributed by atoms with Gasteiger partial charge in [0.2, 0.25) is 11.8 Å². The average molecular weight is 327 g/mol. The number of pyridine rings is 1. The fraction of sp³-hybridized carbons (Fsp3) is 0.389. The van der Waals surface area contributed by atoms with Crippen LogP contribution in [0.15, 0.2) is 36.5 Å². The summed E-state index contributed by atoms with van der Waals surface area (Å²) in [6.45, 7) is 1.10. The molecule has 2 N–H and O–H groups in total. The molecule has 0 saturated heterocycles. The van der Waals surface area contributed by atoms with E-state index in [1.807, 2.05) is 24.3 Å². The van der Waals surface area contributed by atoms with Gasteiger partial charge in [-0.05, 0) is 31.4 Å². The molecule has 2 amide bonds. The normalized spacial score (nSPS) is 15.0. The molecule has 1 fully saturated rings. The smallest absolute Gasteiger partial charge is 0.240 e. The fourth-order valence-corrected chi connectivity index (χ4v) is 2.72. The number of fused-ring (bicyclic) bond motifs is 1. The number of carbonyl (C=O) groups excluding carboxylic acids is 2. The van der Waals surface area contributed by atoms with Crippen LogP contribution < -0.4 is 10.6 Å². The second-order valence-electron chi connectivity index (χ2n) is 6.02. The topological polar surface area (TPSA) is 80.3 Å². The van der Waals surface area contributed by atoms with Crippen LogP contribution in [0.1, 0.15) is 19.3 Å². The van der Waals surface area contributed by atoms with Gasteiger partial charge in [-0.25, -0.2) is 0 Å². The highest BCUT2D eigenvalue weighted by Crippen LogP contribution is 2.47. The number of rotatable bonds is 7. The predicted octanol–water partition coefficient (Wildman–Crippen LogP) is 2.11. The fourth-order valence-electron chi connectivity index (χ4n) is 2.72. The zero-order valence-corrected chi connectivity index (χ0v) is 13.7. The minimum Gasteiger partial charge on any atom is -0.385 e. The van der Waals surface area contributed by atoms with Gasteiger partial charge in [-0.15, -0.1) is 0 Å². The Kier molecular flexibility index (Phi) is 4.76. The molecule has 3 rings (SSSR count). The number of nitrogens with zero attached hydrogens (tertiary/aromatic N) is 1. The number of methoxy groups -OCH3 is 1. The van der Waals surface area contributed by atoms with Crippen LogP contribution in [0.5, 0.6) is 0 Å². The first-order valence-corrected chi connectivity index (χ1v) is 8.10.